The topological polar surface area (TPSA) is 26.0 Å². The van der Waals surface area contributed by atoms with Crippen molar-refractivity contribution in [3.05, 3.63) is 41.5 Å². The monoisotopic (exact) mass is 229 g/mol. The molecular formula is C16H23N. The zero-order valence-electron chi connectivity index (χ0n) is 10.8. The van der Waals surface area contributed by atoms with Gasteiger partial charge in [0.05, 0.1) is 0 Å². The van der Waals surface area contributed by atoms with Gasteiger partial charge >= 0.3 is 0 Å². The van der Waals surface area contributed by atoms with Crippen molar-refractivity contribution in [3.63, 3.8) is 0 Å². The zero-order valence-corrected chi connectivity index (χ0v) is 10.8. The van der Waals surface area contributed by atoms with Gasteiger partial charge < -0.3 is 5.73 Å². The zero-order chi connectivity index (χ0) is 12.1. The predicted molar refractivity (Wildman–Crippen MR) is 74.9 cm³/mol. The van der Waals surface area contributed by atoms with Gasteiger partial charge in [0.25, 0.3) is 0 Å². The second-order valence-electron chi connectivity index (χ2n) is 5.05. The standard InChI is InChI=1S/C16H23N/c1-2-6-13-7-5-9-14(11-13)15-8-3-4-10-16(17)12-15/h5,7,9,11-12,16H,2-4,6,8,10,17H2,1H3. The average Bonchev–Trinajstić information content (AvgIpc) is 2.55. The summed E-state index contributed by atoms with van der Waals surface area (Å²) in [5, 5.41) is 0. The summed E-state index contributed by atoms with van der Waals surface area (Å²) in [7, 11) is 0. The summed E-state index contributed by atoms with van der Waals surface area (Å²) >= 11 is 0. The van der Waals surface area contributed by atoms with Crippen LogP contribution in [0.15, 0.2) is 30.3 Å². The first-order chi connectivity index (χ1) is 8.29. The Morgan fingerprint density at radius 2 is 2.18 bits per heavy atom. The SMILES string of the molecule is CCCc1cccc(C2=CC(N)CCCC2)c1. The van der Waals surface area contributed by atoms with Crippen LogP contribution in [0.3, 0.4) is 0 Å². The van der Waals surface area contributed by atoms with Crippen molar-refractivity contribution in [1.82, 2.24) is 0 Å². The van der Waals surface area contributed by atoms with E-state index in [4.69, 9.17) is 5.73 Å². The third kappa shape index (κ3) is 3.44. The summed E-state index contributed by atoms with van der Waals surface area (Å²) in [6, 6.07) is 9.22. The fourth-order valence-electron chi connectivity index (χ4n) is 2.58. The highest BCUT2D eigenvalue weighted by Gasteiger charge is 2.10. The van der Waals surface area contributed by atoms with Crippen molar-refractivity contribution >= 4 is 5.57 Å². The fraction of sp³-hybridized carbons (Fsp3) is 0.500. The number of hydrogen-bond acceptors (Lipinski definition) is 1. The number of rotatable bonds is 3. The van der Waals surface area contributed by atoms with Crippen LogP contribution in [0, 0.1) is 0 Å². The van der Waals surface area contributed by atoms with E-state index in [1.54, 1.807) is 0 Å². The number of nitrogens with two attached hydrogens (primary N) is 1. The minimum absolute atomic E-state index is 0.252. The first-order valence-electron chi connectivity index (χ1n) is 6.85. The lowest BCUT2D eigenvalue weighted by Crippen LogP contribution is -2.15. The fourth-order valence-corrected chi connectivity index (χ4v) is 2.58. The van der Waals surface area contributed by atoms with Crippen LogP contribution in [0.1, 0.15) is 50.2 Å². The minimum atomic E-state index is 0.252. The largest absolute Gasteiger partial charge is 0.324 e. The van der Waals surface area contributed by atoms with Crippen LogP contribution in [-0.2, 0) is 6.42 Å². The van der Waals surface area contributed by atoms with Crippen LogP contribution in [0.2, 0.25) is 0 Å². The molecule has 1 atom stereocenters. The van der Waals surface area contributed by atoms with Gasteiger partial charge in [-0.25, -0.2) is 0 Å². The number of benzene rings is 1. The van der Waals surface area contributed by atoms with Gasteiger partial charge in [0.2, 0.25) is 0 Å². The van der Waals surface area contributed by atoms with Crippen LogP contribution in [0.5, 0.6) is 0 Å². The highest BCUT2D eigenvalue weighted by atomic mass is 14.6. The molecule has 0 heterocycles. The van der Waals surface area contributed by atoms with Crippen LogP contribution >= 0.6 is 0 Å². The Labute approximate surface area is 105 Å². The molecule has 1 aromatic rings. The number of allylic oxidation sites excluding steroid dienone is 1. The summed E-state index contributed by atoms with van der Waals surface area (Å²) in [4.78, 5) is 0. The summed E-state index contributed by atoms with van der Waals surface area (Å²) in [6.45, 7) is 2.23. The Hall–Kier alpha value is -1.08. The Kier molecular flexibility index (Phi) is 4.38. The molecule has 0 saturated carbocycles. The molecule has 92 valence electrons. The Morgan fingerprint density at radius 1 is 1.29 bits per heavy atom. The quantitative estimate of drug-likeness (QED) is 0.835. The summed E-state index contributed by atoms with van der Waals surface area (Å²) in [5.74, 6) is 0. The van der Waals surface area contributed by atoms with E-state index in [0.717, 1.165) is 6.42 Å². The Morgan fingerprint density at radius 3 is 3.00 bits per heavy atom. The third-order valence-electron chi connectivity index (χ3n) is 3.49. The lowest BCUT2D eigenvalue weighted by Gasteiger charge is -2.09. The van der Waals surface area contributed by atoms with Crippen molar-refractivity contribution in [3.8, 4) is 0 Å². The molecule has 0 amide bonds. The van der Waals surface area contributed by atoms with E-state index in [1.165, 1.54) is 48.8 Å². The van der Waals surface area contributed by atoms with Gasteiger partial charge in [-0.05, 0) is 42.4 Å². The summed E-state index contributed by atoms with van der Waals surface area (Å²) in [5.41, 5.74) is 10.4. The van der Waals surface area contributed by atoms with Gasteiger partial charge in [-0.2, -0.15) is 0 Å². The smallest absolute Gasteiger partial charge is 0.0229 e. The maximum Gasteiger partial charge on any atom is 0.0229 e. The first kappa shape index (κ1) is 12.4. The van der Waals surface area contributed by atoms with Crippen molar-refractivity contribution in [2.45, 2.75) is 51.5 Å². The van der Waals surface area contributed by atoms with Gasteiger partial charge in [-0.1, -0.05) is 50.1 Å². The second kappa shape index (κ2) is 6.02. The molecule has 0 saturated heterocycles. The number of aryl methyl sites for hydroxylation is 1. The normalized spacial score (nSPS) is 20.8. The molecule has 0 aliphatic heterocycles. The van der Waals surface area contributed by atoms with Crippen LogP contribution in [-0.4, -0.2) is 6.04 Å². The third-order valence-corrected chi connectivity index (χ3v) is 3.49. The van der Waals surface area contributed by atoms with E-state index < -0.39 is 0 Å². The van der Waals surface area contributed by atoms with E-state index in [2.05, 4.69) is 37.3 Å². The molecule has 0 bridgehead atoms. The maximum absolute atomic E-state index is 6.08. The Balaban J connectivity index is 2.22. The van der Waals surface area contributed by atoms with E-state index >= 15 is 0 Å². The molecule has 0 fully saturated rings. The molecule has 1 aromatic carbocycles. The predicted octanol–water partition coefficient (Wildman–Crippen LogP) is 3.92. The van der Waals surface area contributed by atoms with Gasteiger partial charge in [-0.15, -0.1) is 0 Å². The molecule has 1 unspecified atom stereocenters. The molecule has 1 heteroatoms. The van der Waals surface area contributed by atoms with Crippen LogP contribution < -0.4 is 5.73 Å². The van der Waals surface area contributed by atoms with Gasteiger partial charge in [-0.3, -0.25) is 0 Å². The molecular weight excluding hydrogens is 206 g/mol. The lowest BCUT2D eigenvalue weighted by atomic mass is 9.98. The van der Waals surface area contributed by atoms with Gasteiger partial charge in [0, 0.05) is 6.04 Å². The summed E-state index contributed by atoms with van der Waals surface area (Å²) < 4.78 is 0. The van der Waals surface area contributed by atoms with Gasteiger partial charge in [0.1, 0.15) is 0 Å². The van der Waals surface area contributed by atoms with Crippen molar-refractivity contribution < 1.29 is 0 Å². The molecule has 2 rings (SSSR count). The lowest BCUT2D eigenvalue weighted by molar-refractivity contribution is 0.658. The van der Waals surface area contributed by atoms with E-state index in [9.17, 15) is 0 Å². The second-order valence-corrected chi connectivity index (χ2v) is 5.05. The molecule has 2 N–H and O–H groups in total. The van der Waals surface area contributed by atoms with Crippen molar-refractivity contribution in [2.24, 2.45) is 5.73 Å². The molecule has 1 aliphatic carbocycles. The molecule has 0 radical (unpaired) electrons. The first-order valence-corrected chi connectivity index (χ1v) is 6.85. The van der Waals surface area contributed by atoms with Crippen LogP contribution in [0.25, 0.3) is 5.57 Å². The van der Waals surface area contributed by atoms with E-state index in [0.29, 0.717) is 0 Å². The Bertz CT molecular complexity index is 392. The highest BCUT2D eigenvalue weighted by Crippen LogP contribution is 2.26. The molecule has 0 spiro atoms. The molecule has 1 nitrogen and oxygen atoms in total. The number of hydrogen-bond donors (Lipinski definition) is 1. The maximum atomic E-state index is 6.08. The van der Waals surface area contributed by atoms with Gasteiger partial charge in [0.15, 0.2) is 0 Å². The highest BCUT2D eigenvalue weighted by molar-refractivity contribution is 5.67. The van der Waals surface area contributed by atoms with E-state index in [1.807, 2.05) is 0 Å². The van der Waals surface area contributed by atoms with Crippen molar-refractivity contribution in [2.75, 3.05) is 0 Å². The van der Waals surface area contributed by atoms with E-state index in [-0.39, 0.29) is 6.04 Å². The summed E-state index contributed by atoms with van der Waals surface area (Å²) in [6.07, 6.45) is 9.52. The molecule has 1 aliphatic rings. The van der Waals surface area contributed by atoms with Crippen molar-refractivity contribution in [1.29, 1.82) is 0 Å². The molecule has 17 heavy (non-hydrogen) atoms. The minimum Gasteiger partial charge on any atom is -0.324 e. The average molecular weight is 229 g/mol. The van der Waals surface area contributed by atoms with Crippen LogP contribution in [0.4, 0.5) is 0 Å². The molecule has 0 aromatic heterocycles.